The molecule has 2 N–H and O–H groups in total. The van der Waals surface area contributed by atoms with E-state index in [9.17, 15) is 0 Å². The number of benzene rings is 2. The molecule has 2 unspecified atom stereocenters. The Morgan fingerprint density at radius 2 is 1.68 bits per heavy atom. The number of nitrogens with two attached hydrogens (primary N) is 1. The standard InChI is InChI=1S/C30H44ClN3/c1-23(2)17-19-34(30-6-5-18-33(22-30)21-28(32)20-24(3)4)29-15-11-26(12-16-29)8-7-25-9-13-27(31)14-10-25/h9-17,24,28,30H,5-8,18-22,32H2,1-4H3. The molecule has 2 atom stereocenters. The highest BCUT2D eigenvalue weighted by molar-refractivity contribution is 6.30. The third-order valence-electron chi connectivity index (χ3n) is 6.77. The number of nitrogens with zero attached hydrogens (tertiary/aromatic N) is 2. The van der Waals surface area contributed by atoms with Crippen LogP contribution in [0.3, 0.4) is 0 Å². The van der Waals surface area contributed by atoms with Gasteiger partial charge in [0, 0.05) is 42.4 Å². The minimum atomic E-state index is 0.268. The summed E-state index contributed by atoms with van der Waals surface area (Å²) in [4.78, 5) is 5.20. The molecule has 1 aliphatic rings. The zero-order valence-corrected chi connectivity index (χ0v) is 22.4. The summed E-state index contributed by atoms with van der Waals surface area (Å²) in [6.45, 7) is 13.1. The summed E-state index contributed by atoms with van der Waals surface area (Å²) in [6, 6.07) is 18.2. The van der Waals surface area contributed by atoms with Gasteiger partial charge in [-0.05, 0) is 93.8 Å². The van der Waals surface area contributed by atoms with Crippen molar-refractivity contribution in [3.05, 3.63) is 76.3 Å². The monoisotopic (exact) mass is 481 g/mol. The molecular formula is C30H44ClN3. The van der Waals surface area contributed by atoms with Crippen LogP contribution in [0.5, 0.6) is 0 Å². The van der Waals surface area contributed by atoms with Crippen molar-refractivity contribution >= 4 is 17.3 Å². The fourth-order valence-corrected chi connectivity index (χ4v) is 5.13. The molecule has 1 fully saturated rings. The quantitative estimate of drug-likeness (QED) is 0.361. The van der Waals surface area contributed by atoms with Crippen molar-refractivity contribution in [2.24, 2.45) is 11.7 Å². The molecule has 0 amide bonds. The Hall–Kier alpha value is -1.81. The smallest absolute Gasteiger partial charge is 0.0421 e. The SMILES string of the molecule is CC(C)=CCN(c1ccc(CCc2ccc(Cl)cc2)cc1)C1CCCN(CC(N)CC(C)C)C1. The van der Waals surface area contributed by atoms with Crippen molar-refractivity contribution in [1.82, 2.24) is 4.90 Å². The third kappa shape index (κ3) is 8.76. The minimum Gasteiger partial charge on any atom is -0.364 e. The first-order valence-corrected chi connectivity index (χ1v) is 13.4. The largest absolute Gasteiger partial charge is 0.364 e. The number of piperidine rings is 1. The van der Waals surface area contributed by atoms with E-state index in [0.29, 0.717) is 12.0 Å². The molecule has 2 aromatic rings. The second-order valence-electron chi connectivity index (χ2n) is 10.7. The van der Waals surface area contributed by atoms with Gasteiger partial charge in [-0.15, -0.1) is 0 Å². The number of hydrogen-bond acceptors (Lipinski definition) is 3. The Balaban J connectivity index is 1.66. The predicted molar refractivity (Wildman–Crippen MR) is 149 cm³/mol. The maximum Gasteiger partial charge on any atom is 0.0421 e. The van der Waals surface area contributed by atoms with Crippen molar-refractivity contribution in [3.8, 4) is 0 Å². The van der Waals surface area contributed by atoms with E-state index in [0.717, 1.165) is 43.9 Å². The first kappa shape index (κ1) is 26.8. The average molecular weight is 482 g/mol. The lowest BCUT2D eigenvalue weighted by Crippen LogP contribution is -2.51. The van der Waals surface area contributed by atoms with E-state index in [1.54, 1.807) is 0 Å². The fraction of sp³-hybridized carbons (Fsp3) is 0.533. The van der Waals surface area contributed by atoms with Gasteiger partial charge in [0.15, 0.2) is 0 Å². The molecule has 186 valence electrons. The Bertz CT molecular complexity index is 884. The summed E-state index contributed by atoms with van der Waals surface area (Å²) >= 11 is 6.02. The molecule has 0 bridgehead atoms. The van der Waals surface area contributed by atoms with Crippen LogP contribution in [0.2, 0.25) is 5.02 Å². The Morgan fingerprint density at radius 3 is 2.26 bits per heavy atom. The van der Waals surface area contributed by atoms with E-state index in [1.165, 1.54) is 41.8 Å². The zero-order chi connectivity index (χ0) is 24.5. The molecule has 3 nitrogen and oxygen atoms in total. The van der Waals surface area contributed by atoms with Crippen molar-refractivity contribution in [2.75, 3.05) is 31.1 Å². The van der Waals surface area contributed by atoms with E-state index < -0.39 is 0 Å². The van der Waals surface area contributed by atoms with E-state index in [-0.39, 0.29) is 6.04 Å². The Kier molecular flexibility index (Phi) is 10.5. The number of hydrogen-bond donors (Lipinski definition) is 1. The summed E-state index contributed by atoms with van der Waals surface area (Å²) in [5.74, 6) is 0.656. The van der Waals surface area contributed by atoms with E-state index in [4.69, 9.17) is 17.3 Å². The molecule has 0 spiro atoms. The topological polar surface area (TPSA) is 32.5 Å². The predicted octanol–water partition coefficient (Wildman–Crippen LogP) is 6.74. The molecule has 4 heteroatoms. The molecule has 0 aromatic heterocycles. The molecule has 0 radical (unpaired) electrons. The highest BCUT2D eigenvalue weighted by Crippen LogP contribution is 2.25. The summed E-state index contributed by atoms with van der Waals surface area (Å²) in [6.07, 6.45) is 8.01. The van der Waals surface area contributed by atoms with Gasteiger partial charge in [-0.3, -0.25) is 4.90 Å². The van der Waals surface area contributed by atoms with Gasteiger partial charge in [-0.25, -0.2) is 0 Å². The van der Waals surface area contributed by atoms with Crippen LogP contribution < -0.4 is 10.6 Å². The molecule has 0 aliphatic carbocycles. The molecule has 1 saturated heterocycles. The van der Waals surface area contributed by atoms with Crippen LogP contribution in [-0.2, 0) is 12.8 Å². The first-order valence-electron chi connectivity index (χ1n) is 13.0. The third-order valence-corrected chi connectivity index (χ3v) is 7.02. The molecule has 2 aromatic carbocycles. The van der Waals surface area contributed by atoms with Gasteiger partial charge in [0.1, 0.15) is 0 Å². The fourth-order valence-electron chi connectivity index (χ4n) is 5.00. The molecular weight excluding hydrogens is 438 g/mol. The van der Waals surface area contributed by atoms with Crippen molar-refractivity contribution in [1.29, 1.82) is 0 Å². The van der Waals surface area contributed by atoms with Gasteiger partial charge in [0.05, 0.1) is 0 Å². The maximum absolute atomic E-state index is 6.46. The van der Waals surface area contributed by atoms with Crippen LogP contribution in [0, 0.1) is 5.92 Å². The van der Waals surface area contributed by atoms with E-state index >= 15 is 0 Å². The van der Waals surface area contributed by atoms with Crippen molar-refractivity contribution in [3.63, 3.8) is 0 Å². The molecule has 1 aliphatic heterocycles. The molecule has 34 heavy (non-hydrogen) atoms. The summed E-state index contributed by atoms with van der Waals surface area (Å²) in [5.41, 5.74) is 11.9. The number of likely N-dealkylation sites (tertiary alicyclic amines) is 1. The van der Waals surface area contributed by atoms with Gasteiger partial charge >= 0.3 is 0 Å². The van der Waals surface area contributed by atoms with Gasteiger partial charge in [0.25, 0.3) is 0 Å². The van der Waals surface area contributed by atoms with Gasteiger partial charge in [0.2, 0.25) is 0 Å². The lowest BCUT2D eigenvalue weighted by atomic mass is 9.99. The van der Waals surface area contributed by atoms with E-state index in [1.807, 2.05) is 12.1 Å². The molecule has 1 heterocycles. The minimum absolute atomic E-state index is 0.268. The van der Waals surface area contributed by atoms with Crippen molar-refractivity contribution in [2.45, 2.75) is 71.9 Å². The number of anilines is 1. The lowest BCUT2D eigenvalue weighted by Gasteiger charge is -2.41. The average Bonchev–Trinajstić information content (AvgIpc) is 2.79. The summed E-state index contributed by atoms with van der Waals surface area (Å²) < 4.78 is 0. The van der Waals surface area contributed by atoms with Gasteiger partial charge in [-0.1, -0.05) is 61.4 Å². The van der Waals surface area contributed by atoms with Crippen LogP contribution in [0.4, 0.5) is 5.69 Å². The normalized spacial score (nSPS) is 17.6. The molecule has 3 rings (SSSR count). The number of rotatable bonds is 11. The van der Waals surface area contributed by atoms with Gasteiger partial charge in [-0.2, -0.15) is 0 Å². The summed E-state index contributed by atoms with van der Waals surface area (Å²) in [5, 5.41) is 0.799. The van der Waals surface area contributed by atoms with Crippen LogP contribution in [0.25, 0.3) is 0 Å². The number of aryl methyl sites for hydroxylation is 2. The number of halogens is 1. The number of allylic oxidation sites excluding steroid dienone is 1. The maximum atomic E-state index is 6.46. The van der Waals surface area contributed by atoms with Crippen molar-refractivity contribution < 1.29 is 0 Å². The van der Waals surface area contributed by atoms with Crippen LogP contribution in [0.15, 0.2) is 60.2 Å². The van der Waals surface area contributed by atoms with Crippen LogP contribution >= 0.6 is 11.6 Å². The van der Waals surface area contributed by atoms with E-state index in [2.05, 4.69) is 80.0 Å². The lowest BCUT2D eigenvalue weighted by molar-refractivity contribution is 0.188. The van der Waals surface area contributed by atoms with Gasteiger partial charge < -0.3 is 10.6 Å². The Labute approximate surface area is 213 Å². The highest BCUT2D eigenvalue weighted by atomic mass is 35.5. The van der Waals surface area contributed by atoms with Crippen LogP contribution in [-0.4, -0.2) is 43.2 Å². The zero-order valence-electron chi connectivity index (χ0n) is 21.6. The summed E-state index contributed by atoms with van der Waals surface area (Å²) in [7, 11) is 0. The second-order valence-corrected chi connectivity index (χ2v) is 11.1. The van der Waals surface area contributed by atoms with Crippen LogP contribution in [0.1, 0.15) is 58.1 Å². The second kappa shape index (κ2) is 13.3. The highest BCUT2D eigenvalue weighted by Gasteiger charge is 2.26. The first-order chi connectivity index (χ1) is 16.3. The Morgan fingerprint density at radius 1 is 1.06 bits per heavy atom. The molecule has 0 saturated carbocycles.